The molecule has 1 heterocycles. The molecule has 14 heavy (non-hydrogen) atoms. The Bertz CT molecular complexity index is 376. The van der Waals surface area contributed by atoms with Gasteiger partial charge in [0.05, 0.1) is 24.5 Å². The van der Waals surface area contributed by atoms with E-state index in [1.807, 2.05) is 30.1 Å². The number of hydrogen-bond donors (Lipinski definition) is 2. The van der Waals surface area contributed by atoms with Crippen molar-refractivity contribution in [3.8, 4) is 0 Å². The summed E-state index contributed by atoms with van der Waals surface area (Å²) in [6.07, 6.45) is 0. The first kappa shape index (κ1) is 9.02. The molecule has 1 aromatic carbocycles. The summed E-state index contributed by atoms with van der Waals surface area (Å²) in [5.74, 6) is -0.0184. The quantitative estimate of drug-likeness (QED) is 0.684. The van der Waals surface area contributed by atoms with Gasteiger partial charge >= 0.3 is 0 Å². The summed E-state index contributed by atoms with van der Waals surface area (Å²) < 4.78 is 0. The predicted molar refractivity (Wildman–Crippen MR) is 54.3 cm³/mol. The molecule has 0 unspecified atom stereocenters. The van der Waals surface area contributed by atoms with Crippen molar-refractivity contribution < 1.29 is 9.90 Å². The van der Waals surface area contributed by atoms with Gasteiger partial charge in [-0.25, -0.2) is 0 Å². The van der Waals surface area contributed by atoms with Gasteiger partial charge in [0, 0.05) is 12.6 Å². The number of hydrogen-bond acceptors (Lipinski definition) is 3. The number of para-hydroxylation sites is 1. The molecular weight excluding hydrogens is 180 g/mol. The first-order valence-corrected chi connectivity index (χ1v) is 4.46. The lowest BCUT2D eigenvalue weighted by Gasteiger charge is -2.29. The van der Waals surface area contributed by atoms with E-state index in [1.165, 1.54) is 0 Å². The Kier molecular flexibility index (Phi) is 2.13. The van der Waals surface area contributed by atoms with Crippen molar-refractivity contribution in [2.24, 2.45) is 0 Å². The second-order valence-electron chi connectivity index (χ2n) is 3.38. The molecule has 0 aliphatic carbocycles. The van der Waals surface area contributed by atoms with E-state index in [2.05, 4.69) is 5.32 Å². The van der Waals surface area contributed by atoms with E-state index in [9.17, 15) is 4.79 Å². The van der Waals surface area contributed by atoms with Crippen LogP contribution in [0.4, 0.5) is 11.4 Å². The molecule has 2 N–H and O–H groups in total. The maximum Gasteiger partial charge on any atom is 0.243 e. The number of likely N-dealkylation sites (N-methyl/N-ethyl adjacent to an activating group) is 1. The number of rotatable bonds is 1. The lowest BCUT2D eigenvalue weighted by molar-refractivity contribution is -0.115. The highest BCUT2D eigenvalue weighted by atomic mass is 16.3. The molecule has 2 rings (SSSR count). The second-order valence-corrected chi connectivity index (χ2v) is 3.38. The smallest absolute Gasteiger partial charge is 0.243 e. The highest BCUT2D eigenvalue weighted by molar-refractivity contribution is 6.01. The lowest BCUT2D eigenvalue weighted by Crippen LogP contribution is -2.36. The molecule has 0 saturated carbocycles. The molecule has 0 fully saturated rings. The fourth-order valence-corrected chi connectivity index (χ4v) is 1.75. The molecule has 74 valence electrons. The van der Waals surface area contributed by atoms with E-state index in [4.69, 9.17) is 5.11 Å². The van der Waals surface area contributed by atoms with E-state index >= 15 is 0 Å². The van der Waals surface area contributed by atoms with Gasteiger partial charge < -0.3 is 15.3 Å². The van der Waals surface area contributed by atoms with Gasteiger partial charge in [0.15, 0.2) is 0 Å². The molecule has 4 nitrogen and oxygen atoms in total. The topological polar surface area (TPSA) is 52.6 Å². The molecule has 0 radical (unpaired) electrons. The van der Waals surface area contributed by atoms with Gasteiger partial charge in [-0.05, 0) is 6.07 Å². The van der Waals surface area contributed by atoms with E-state index in [1.54, 1.807) is 0 Å². The van der Waals surface area contributed by atoms with Crippen LogP contribution >= 0.6 is 0 Å². The number of anilines is 2. The van der Waals surface area contributed by atoms with Crippen LogP contribution in [0.2, 0.25) is 0 Å². The zero-order chi connectivity index (χ0) is 10.1. The summed E-state index contributed by atoms with van der Waals surface area (Å²) in [7, 11) is 1.84. The number of nitrogens with one attached hydrogen (secondary N) is 1. The van der Waals surface area contributed by atoms with Crippen molar-refractivity contribution in [1.82, 2.24) is 0 Å². The summed E-state index contributed by atoms with van der Waals surface area (Å²) in [4.78, 5) is 13.1. The number of aliphatic hydroxyl groups is 1. The van der Waals surface area contributed by atoms with Crippen molar-refractivity contribution in [1.29, 1.82) is 0 Å². The lowest BCUT2D eigenvalue weighted by atomic mass is 10.1. The molecule has 1 aliphatic rings. The standard InChI is InChI=1S/C10H12N2O2/c1-12-5-9(14)11-8-4-2-3-7(6-13)10(8)12/h2-4,13H,5-6H2,1H3,(H,11,14). The Hall–Kier alpha value is -1.55. The molecule has 1 amide bonds. The number of benzene rings is 1. The van der Waals surface area contributed by atoms with Gasteiger partial charge in [0.2, 0.25) is 5.91 Å². The largest absolute Gasteiger partial charge is 0.392 e. The second kappa shape index (κ2) is 3.31. The van der Waals surface area contributed by atoms with E-state index in [0.717, 1.165) is 16.9 Å². The highest BCUT2D eigenvalue weighted by Crippen LogP contribution is 2.31. The molecule has 1 aromatic rings. The molecule has 0 aromatic heterocycles. The summed E-state index contributed by atoms with van der Waals surface area (Å²) in [5.41, 5.74) is 2.52. The Labute approximate surface area is 82.2 Å². The van der Waals surface area contributed by atoms with Crippen LogP contribution < -0.4 is 10.2 Å². The SMILES string of the molecule is CN1CC(=O)Nc2cccc(CO)c21. The maximum atomic E-state index is 11.2. The van der Waals surface area contributed by atoms with Crippen LogP contribution in [-0.4, -0.2) is 24.6 Å². The van der Waals surface area contributed by atoms with Crippen LogP contribution in [0.5, 0.6) is 0 Å². The molecule has 4 heteroatoms. The normalized spacial score (nSPS) is 15.0. The minimum absolute atomic E-state index is 0.0105. The van der Waals surface area contributed by atoms with Crippen LogP contribution in [0, 0.1) is 0 Å². The van der Waals surface area contributed by atoms with Crippen LogP contribution in [-0.2, 0) is 11.4 Å². The molecule has 0 spiro atoms. The number of amides is 1. The highest BCUT2D eigenvalue weighted by Gasteiger charge is 2.20. The fourth-order valence-electron chi connectivity index (χ4n) is 1.75. The predicted octanol–water partition coefficient (Wildman–Crippen LogP) is 0.567. The third-order valence-corrected chi connectivity index (χ3v) is 2.33. The van der Waals surface area contributed by atoms with Gasteiger partial charge in [-0.1, -0.05) is 12.1 Å². The number of fused-ring (bicyclic) bond motifs is 1. The van der Waals surface area contributed by atoms with Crippen molar-refractivity contribution >= 4 is 17.3 Å². The maximum absolute atomic E-state index is 11.2. The minimum Gasteiger partial charge on any atom is -0.392 e. The third-order valence-electron chi connectivity index (χ3n) is 2.33. The van der Waals surface area contributed by atoms with E-state index in [0.29, 0.717) is 6.54 Å². The first-order valence-electron chi connectivity index (χ1n) is 4.46. The summed E-state index contributed by atoms with van der Waals surface area (Å²) >= 11 is 0. The zero-order valence-corrected chi connectivity index (χ0v) is 7.95. The van der Waals surface area contributed by atoms with Gasteiger partial charge in [-0.15, -0.1) is 0 Å². The number of carbonyl (C=O) groups is 1. The monoisotopic (exact) mass is 192 g/mol. The van der Waals surface area contributed by atoms with Gasteiger partial charge in [0.25, 0.3) is 0 Å². The van der Waals surface area contributed by atoms with Crippen LogP contribution in [0.15, 0.2) is 18.2 Å². The summed E-state index contributed by atoms with van der Waals surface area (Å²) in [6, 6.07) is 5.51. The Balaban J connectivity index is 2.52. The fraction of sp³-hybridized carbons (Fsp3) is 0.300. The van der Waals surface area contributed by atoms with Crippen LogP contribution in [0.25, 0.3) is 0 Å². The Morgan fingerprint density at radius 1 is 1.57 bits per heavy atom. The van der Waals surface area contributed by atoms with E-state index in [-0.39, 0.29) is 12.5 Å². The van der Waals surface area contributed by atoms with Gasteiger partial charge in [-0.3, -0.25) is 4.79 Å². The van der Waals surface area contributed by atoms with Crippen molar-refractivity contribution in [3.63, 3.8) is 0 Å². The zero-order valence-electron chi connectivity index (χ0n) is 7.95. The van der Waals surface area contributed by atoms with E-state index < -0.39 is 0 Å². The number of carbonyl (C=O) groups excluding carboxylic acids is 1. The molecule has 0 atom stereocenters. The van der Waals surface area contributed by atoms with Crippen molar-refractivity contribution in [3.05, 3.63) is 23.8 Å². The van der Waals surface area contributed by atoms with Gasteiger partial charge in [0.1, 0.15) is 0 Å². The van der Waals surface area contributed by atoms with Crippen molar-refractivity contribution in [2.45, 2.75) is 6.61 Å². The van der Waals surface area contributed by atoms with Crippen LogP contribution in [0.1, 0.15) is 5.56 Å². The summed E-state index contributed by atoms with van der Waals surface area (Å²) in [6.45, 7) is 0.327. The third kappa shape index (κ3) is 1.33. The van der Waals surface area contributed by atoms with Gasteiger partial charge in [-0.2, -0.15) is 0 Å². The van der Waals surface area contributed by atoms with Crippen molar-refractivity contribution in [2.75, 3.05) is 23.8 Å². The Morgan fingerprint density at radius 3 is 3.07 bits per heavy atom. The number of nitrogens with zero attached hydrogens (tertiary/aromatic N) is 1. The van der Waals surface area contributed by atoms with Crippen LogP contribution in [0.3, 0.4) is 0 Å². The number of aliphatic hydroxyl groups excluding tert-OH is 1. The average Bonchev–Trinajstić information content (AvgIpc) is 2.16. The molecular formula is C10H12N2O2. The molecule has 0 saturated heterocycles. The molecule has 1 aliphatic heterocycles. The summed E-state index contributed by atoms with van der Waals surface area (Å²) in [5, 5.41) is 11.9. The average molecular weight is 192 g/mol. The Morgan fingerprint density at radius 2 is 2.36 bits per heavy atom. The minimum atomic E-state index is -0.0184. The first-order chi connectivity index (χ1) is 6.72. The molecule has 0 bridgehead atoms.